The van der Waals surface area contributed by atoms with Crippen LogP contribution in [0, 0.1) is 13.8 Å². The number of ether oxygens (including phenoxy) is 1. The van der Waals surface area contributed by atoms with Gasteiger partial charge in [0.25, 0.3) is 0 Å². The van der Waals surface area contributed by atoms with Crippen LogP contribution in [0.5, 0.6) is 0 Å². The molecule has 0 aliphatic heterocycles. The number of aromatic nitrogens is 1. The lowest BCUT2D eigenvalue weighted by atomic mass is 10.3. The third-order valence-corrected chi connectivity index (χ3v) is 3.98. The molecule has 0 aliphatic carbocycles. The second-order valence-corrected chi connectivity index (χ2v) is 5.98. The molecule has 2 rings (SSSR count). The quantitative estimate of drug-likeness (QED) is 0.818. The van der Waals surface area contributed by atoms with Crippen LogP contribution in [0.4, 0.5) is 5.82 Å². The van der Waals surface area contributed by atoms with Crippen molar-refractivity contribution in [3.05, 3.63) is 33.7 Å². The summed E-state index contributed by atoms with van der Waals surface area (Å²) >= 11 is 1.59. The molecule has 2 N–H and O–H groups in total. The lowest BCUT2D eigenvalue weighted by Crippen LogP contribution is -2.37. The summed E-state index contributed by atoms with van der Waals surface area (Å²) in [5, 5.41) is 8.48. The third-order valence-electron chi connectivity index (χ3n) is 2.89. The Morgan fingerprint density at radius 1 is 1.36 bits per heavy atom. The molecule has 0 saturated carbocycles. The molecule has 8 heteroatoms. The summed E-state index contributed by atoms with van der Waals surface area (Å²) in [6.45, 7) is 3.89. The minimum Gasteiger partial charge on any atom is -0.374 e. The van der Waals surface area contributed by atoms with Gasteiger partial charge in [-0.2, -0.15) is 0 Å². The molecule has 0 unspecified atom stereocenters. The normalized spacial score (nSPS) is 12.0. The monoisotopic (exact) mass is 323 g/mol. The molecule has 0 spiro atoms. The van der Waals surface area contributed by atoms with Crippen LogP contribution in [0.1, 0.15) is 21.6 Å². The smallest absolute Gasteiger partial charge is 0.314 e. The van der Waals surface area contributed by atoms with Crippen molar-refractivity contribution < 1.29 is 18.8 Å². The highest BCUT2D eigenvalue weighted by atomic mass is 32.1. The van der Waals surface area contributed by atoms with Crippen LogP contribution in [0.25, 0.3) is 0 Å². The van der Waals surface area contributed by atoms with E-state index < -0.39 is 11.8 Å². The maximum Gasteiger partial charge on any atom is 0.314 e. The highest BCUT2D eigenvalue weighted by Crippen LogP contribution is 2.24. The molecule has 2 aromatic heterocycles. The lowest BCUT2D eigenvalue weighted by molar-refractivity contribution is -0.136. The summed E-state index contributed by atoms with van der Waals surface area (Å²) < 4.78 is 10.1. The van der Waals surface area contributed by atoms with Crippen LogP contribution >= 0.6 is 11.3 Å². The predicted octanol–water partition coefficient (Wildman–Crippen LogP) is 1.80. The van der Waals surface area contributed by atoms with Crippen molar-refractivity contribution in [2.24, 2.45) is 0 Å². The van der Waals surface area contributed by atoms with E-state index in [-0.39, 0.29) is 18.5 Å². The molecule has 118 valence electrons. The number of anilines is 1. The van der Waals surface area contributed by atoms with Gasteiger partial charge in [0.05, 0.1) is 0 Å². The number of rotatable bonds is 5. The van der Waals surface area contributed by atoms with E-state index in [0.29, 0.717) is 5.76 Å². The molecule has 0 fully saturated rings. The summed E-state index contributed by atoms with van der Waals surface area (Å²) in [6.07, 6.45) is -0.287. The molecule has 0 saturated heterocycles. The number of methoxy groups -OCH3 is 1. The van der Waals surface area contributed by atoms with Gasteiger partial charge in [-0.1, -0.05) is 5.16 Å². The van der Waals surface area contributed by atoms with Gasteiger partial charge in [-0.25, -0.2) is 0 Å². The zero-order valence-corrected chi connectivity index (χ0v) is 13.3. The third kappa shape index (κ3) is 4.15. The van der Waals surface area contributed by atoms with E-state index in [1.165, 1.54) is 6.07 Å². The SMILES string of the molecule is CO[C@@H](CNC(=O)C(=O)Nc1cc(C)on1)c1ccc(C)s1. The Kier molecular flexibility index (Phi) is 5.29. The zero-order valence-electron chi connectivity index (χ0n) is 12.5. The minimum absolute atomic E-state index is 0.204. The van der Waals surface area contributed by atoms with Gasteiger partial charge >= 0.3 is 11.8 Å². The maximum absolute atomic E-state index is 11.8. The van der Waals surface area contributed by atoms with Gasteiger partial charge in [-0.3, -0.25) is 14.9 Å². The highest BCUT2D eigenvalue weighted by Gasteiger charge is 2.19. The maximum atomic E-state index is 11.8. The Morgan fingerprint density at radius 3 is 2.68 bits per heavy atom. The van der Waals surface area contributed by atoms with Crippen molar-refractivity contribution in [1.29, 1.82) is 0 Å². The average molecular weight is 323 g/mol. The minimum atomic E-state index is -0.800. The van der Waals surface area contributed by atoms with E-state index in [4.69, 9.17) is 9.26 Å². The summed E-state index contributed by atoms with van der Waals surface area (Å²) in [6, 6.07) is 5.45. The topological polar surface area (TPSA) is 93.5 Å². The summed E-state index contributed by atoms with van der Waals surface area (Å²) in [7, 11) is 1.56. The van der Waals surface area contributed by atoms with Crippen LogP contribution in [0.3, 0.4) is 0 Å². The van der Waals surface area contributed by atoms with Crippen LogP contribution < -0.4 is 10.6 Å². The number of amides is 2. The first kappa shape index (κ1) is 16.2. The number of carbonyl (C=O) groups is 2. The zero-order chi connectivity index (χ0) is 16.1. The Balaban J connectivity index is 1.86. The summed E-state index contributed by atoms with van der Waals surface area (Å²) in [4.78, 5) is 25.6. The molecule has 1 atom stereocenters. The molecule has 7 nitrogen and oxygen atoms in total. The van der Waals surface area contributed by atoms with Gasteiger partial charge in [-0.05, 0) is 26.0 Å². The fourth-order valence-electron chi connectivity index (χ4n) is 1.79. The molecule has 2 aromatic rings. The molecule has 2 heterocycles. The van der Waals surface area contributed by atoms with Gasteiger partial charge in [0.2, 0.25) is 0 Å². The Hall–Kier alpha value is -2.19. The second-order valence-electron chi connectivity index (χ2n) is 4.66. The standard InChI is InChI=1S/C14H17N3O4S/c1-8-6-12(17-21-8)16-14(19)13(18)15-7-10(20-3)11-5-4-9(2)22-11/h4-6,10H,7H2,1-3H3,(H,15,18)(H,16,17,19)/t10-/m0/s1. The van der Waals surface area contributed by atoms with E-state index in [1.54, 1.807) is 25.4 Å². The molecule has 22 heavy (non-hydrogen) atoms. The second kappa shape index (κ2) is 7.19. The number of nitrogens with one attached hydrogen (secondary N) is 2. The van der Waals surface area contributed by atoms with Crippen LogP contribution in [0.15, 0.2) is 22.7 Å². The van der Waals surface area contributed by atoms with Crippen molar-refractivity contribution in [2.45, 2.75) is 20.0 Å². The van der Waals surface area contributed by atoms with Crippen molar-refractivity contribution in [3.63, 3.8) is 0 Å². The largest absolute Gasteiger partial charge is 0.374 e. The number of carbonyl (C=O) groups excluding carboxylic acids is 2. The van der Waals surface area contributed by atoms with E-state index in [1.807, 2.05) is 19.1 Å². The molecular weight excluding hydrogens is 306 g/mol. The molecule has 0 bridgehead atoms. The van der Waals surface area contributed by atoms with Gasteiger partial charge in [-0.15, -0.1) is 11.3 Å². The molecule has 0 radical (unpaired) electrons. The van der Waals surface area contributed by atoms with E-state index >= 15 is 0 Å². The molecule has 0 aliphatic rings. The molecular formula is C14H17N3O4S. The Labute approximate surface area is 131 Å². The number of hydrogen-bond acceptors (Lipinski definition) is 6. The van der Waals surface area contributed by atoms with Crippen LogP contribution in [0.2, 0.25) is 0 Å². The summed E-state index contributed by atoms with van der Waals surface area (Å²) in [5.41, 5.74) is 0. The van der Waals surface area contributed by atoms with Crippen molar-refractivity contribution >= 4 is 29.0 Å². The van der Waals surface area contributed by atoms with E-state index in [2.05, 4.69) is 15.8 Å². The molecule has 2 amide bonds. The first-order valence-electron chi connectivity index (χ1n) is 6.61. The first-order chi connectivity index (χ1) is 10.5. The fraction of sp³-hybridized carbons (Fsp3) is 0.357. The highest BCUT2D eigenvalue weighted by molar-refractivity contribution is 7.12. The van der Waals surface area contributed by atoms with E-state index in [0.717, 1.165) is 9.75 Å². The lowest BCUT2D eigenvalue weighted by Gasteiger charge is -2.14. The van der Waals surface area contributed by atoms with Crippen LogP contribution in [-0.4, -0.2) is 30.6 Å². The number of nitrogens with zero attached hydrogens (tertiary/aromatic N) is 1. The number of thiophene rings is 1. The van der Waals surface area contributed by atoms with Crippen molar-refractivity contribution in [3.8, 4) is 0 Å². The van der Waals surface area contributed by atoms with Gasteiger partial charge < -0.3 is 14.6 Å². The molecule has 0 aromatic carbocycles. The average Bonchev–Trinajstić information content (AvgIpc) is 3.08. The number of hydrogen-bond donors (Lipinski definition) is 2. The first-order valence-corrected chi connectivity index (χ1v) is 7.43. The summed E-state index contributed by atoms with van der Waals surface area (Å²) in [5.74, 6) is -0.806. The number of aryl methyl sites for hydroxylation is 2. The Morgan fingerprint density at radius 2 is 2.14 bits per heavy atom. The van der Waals surface area contributed by atoms with E-state index in [9.17, 15) is 9.59 Å². The van der Waals surface area contributed by atoms with Crippen molar-refractivity contribution in [1.82, 2.24) is 10.5 Å². The Bertz CT molecular complexity index is 665. The van der Waals surface area contributed by atoms with Crippen LogP contribution in [-0.2, 0) is 14.3 Å². The van der Waals surface area contributed by atoms with Gasteiger partial charge in [0, 0.05) is 29.5 Å². The predicted molar refractivity (Wildman–Crippen MR) is 81.7 cm³/mol. The van der Waals surface area contributed by atoms with Crippen molar-refractivity contribution in [2.75, 3.05) is 19.0 Å². The van der Waals surface area contributed by atoms with Gasteiger partial charge in [0.1, 0.15) is 11.9 Å². The fourth-order valence-corrected chi connectivity index (χ4v) is 2.75. The van der Waals surface area contributed by atoms with Gasteiger partial charge in [0.15, 0.2) is 5.82 Å².